The third-order valence-corrected chi connectivity index (χ3v) is 3.85. The van der Waals surface area contributed by atoms with Crippen molar-refractivity contribution in [2.45, 2.75) is 52.0 Å². The van der Waals surface area contributed by atoms with Crippen molar-refractivity contribution in [3.8, 4) is 0 Å². The van der Waals surface area contributed by atoms with Crippen molar-refractivity contribution in [3.05, 3.63) is 0 Å². The van der Waals surface area contributed by atoms with Gasteiger partial charge in [0.15, 0.2) is 0 Å². The molecule has 1 aliphatic rings. The van der Waals surface area contributed by atoms with Crippen molar-refractivity contribution < 1.29 is 4.79 Å². The molecule has 100 valence electrons. The number of nitrogens with zero attached hydrogens (tertiary/aromatic N) is 2. The standard InChI is InChI=1S/C14H28N2O/c1-11(2)10-12-6-8-13(9-7-12)16(5)14(17)15(3)4/h11-13H,6-10H2,1-5H3. The summed E-state index contributed by atoms with van der Waals surface area (Å²) in [6.07, 6.45) is 6.26. The number of carbonyl (C=O) groups excluding carboxylic acids is 1. The lowest BCUT2D eigenvalue weighted by Crippen LogP contribution is -2.44. The Kier molecular flexibility index (Phi) is 5.29. The van der Waals surface area contributed by atoms with Crippen molar-refractivity contribution in [1.29, 1.82) is 0 Å². The minimum absolute atomic E-state index is 0.136. The van der Waals surface area contributed by atoms with Crippen LogP contribution < -0.4 is 0 Å². The monoisotopic (exact) mass is 240 g/mol. The zero-order valence-corrected chi connectivity index (χ0v) is 12.1. The largest absolute Gasteiger partial charge is 0.331 e. The van der Waals surface area contributed by atoms with Crippen molar-refractivity contribution in [2.75, 3.05) is 21.1 Å². The quantitative estimate of drug-likeness (QED) is 0.743. The first-order chi connectivity index (χ1) is 7.91. The van der Waals surface area contributed by atoms with E-state index >= 15 is 0 Å². The molecule has 2 amide bonds. The fourth-order valence-electron chi connectivity index (χ4n) is 2.91. The van der Waals surface area contributed by atoms with Crippen LogP contribution >= 0.6 is 0 Å². The molecule has 0 aromatic rings. The smallest absolute Gasteiger partial charge is 0.319 e. The Morgan fingerprint density at radius 2 is 1.65 bits per heavy atom. The molecule has 0 saturated heterocycles. The first kappa shape index (κ1) is 14.3. The maximum Gasteiger partial charge on any atom is 0.319 e. The van der Waals surface area contributed by atoms with E-state index < -0.39 is 0 Å². The van der Waals surface area contributed by atoms with Gasteiger partial charge in [0.2, 0.25) is 0 Å². The van der Waals surface area contributed by atoms with Crippen LogP contribution in [0.2, 0.25) is 0 Å². The Morgan fingerprint density at radius 1 is 1.12 bits per heavy atom. The summed E-state index contributed by atoms with van der Waals surface area (Å²) < 4.78 is 0. The van der Waals surface area contributed by atoms with E-state index in [1.165, 1.54) is 32.1 Å². The summed E-state index contributed by atoms with van der Waals surface area (Å²) in [5, 5.41) is 0. The molecule has 0 radical (unpaired) electrons. The van der Waals surface area contributed by atoms with E-state index in [1.807, 2.05) is 26.0 Å². The second-order valence-corrected chi connectivity index (χ2v) is 6.09. The van der Waals surface area contributed by atoms with Gasteiger partial charge in [-0.05, 0) is 43.9 Å². The lowest BCUT2D eigenvalue weighted by Gasteiger charge is -2.36. The fraction of sp³-hybridized carbons (Fsp3) is 0.929. The van der Waals surface area contributed by atoms with Crippen LogP contribution in [-0.2, 0) is 0 Å². The highest BCUT2D eigenvalue weighted by Gasteiger charge is 2.27. The van der Waals surface area contributed by atoms with E-state index in [0.717, 1.165) is 11.8 Å². The molecule has 17 heavy (non-hydrogen) atoms. The van der Waals surface area contributed by atoms with Crippen LogP contribution in [0.1, 0.15) is 46.0 Å². The minimum Gasteiger partial charge on any atom is -0.331 e. The van der Waals surface area contributed by atoms with Gasteiger partial charge in [-0.25, -0.2) is 4.79 Å². The first-order valence-corrected chi connectivity index (χ1v) is 6.86. The second-order valence-electron chi connectivity index (χ2n) is 6.09. The summed E-state index contributed by atoms with van der Waals surface area (Å²) in [6.45, 7) is 4.60. The number of urea groups is 1. The predicted octanol–water partition coefficient (Wildman–Crippen LogP) is 3.20. The number of rotatable bonds is 3. The molecule has 0 aromatic heterocycles. The zero-order valence-electron chi connectivity index (χ0n) is 12.1. The predicted molar refractivity (Wildman–Crippen MR) is 72.0 cm³/mol. The third kappa shape index (κ3) is 4.21. The van der Waals surface area contributed by atoms with Gasteiger partial charge < -0.3 is 9.80 Å². The maximum atomic E-state index is 11.9. The molecule has 0 heterocycles. The molecule has 0 aliphatic heterocycles. The van der Waals surface area contributed by atoms with Gasteiger partial charge in [0, 0.05) is 27.2 Å². The summed E-state index contributed by atoms with van der Waals surface area (Å²) in [6, 6.07) is 0.589. The molecule has 0 spiro atoms. The average Bonchev–Trinajstić information content (AvgIpc) is 2.27. The van der Waals surface area contributed by atoms with E-state index in [9.17, 15) is 4.79 Å². The van der Waals surface area contributed by atoms with E-state index in [0.29, 0.717) is 6.04 Å². The summed E-state index contributed by atoms with van der Waals surface area (Å²) in [5.41, 5.74) is 0. The van der Waals surface area contributed by atoms with Crippen molar-refractivity contribution in [1.82, 2.24) is 9.80 Å². The Bertz CT molecular complexity index is 243. The van der Waals surface area contributed by atoms with Crippen molar-refractivity contribution >= 4 is 6.03 Å². The molecule has 3 nitrogen and oxygen atoms in total. The van der Waals surface area contributed by atoms with Gasteiger partial charge >= 0.3 is 6.03 Å². The summed E-state index contributed by atoms with van der Waals surface area (Å²) in [5.74, 6) is 1.69. The number of hydrogen-bond donors (Lipinski definition) is 0. The van der Waals surface area contributed by atoms with Gasteiger partial charge in [0.25, 0.3) is 0 Å². The van der Waals surface area contributed by atoms with E-state index in [4.69, 9.17) is 0 Å². The molecule has 0 unspecified atom stereocenters. The minimum atomic E-state index is 0.136. The lowest BCUT2D eigenvalue weighted by atomic mass is 9.81. The summed E-state index contributed by atoms with van der Waals surface area (Å²) in [4.78, 5) is 15.4. The normalized spacial score (nSPS) is 24.8. The van der Waals surface area contributed by atoms with Crippen LogP contribution in [0.25, 0.3) is 0 Å². The number of hydrogen-bond acceptors (Lipinski definition) is 1. The molecule has 1 aliphatic carbocycles. The van der Waals surface area contributed by atoms with Gasteiger partial charge in [0.1, 0.15) is 0 Å². The molecule has 3 heteroatoms. The van der Waals surface area contributed by atoms with Crippen molar-refractivity contribution in [2.24, 2.45) is 11.8 Å². The second kappa shape index (κ2) is 6.27. The molecule has 1 fully saturated rings. The molecule has 0 bridgehead atoms. The number of amides is 2. The Hall–Kier alpha value is -0.730. The summed E-state index contributed by atoms with van der Waals surface area (Å²) in [7, 11) is 5.59. The fourth-order valence-corrected chi connectivity index (χ4v) is 2.91. The first-order valence-electron chi connectivity index (χ1n) is 6.86. The van der Waals surface area contributed by atoms with Crippen molar-refractivity contribution in [3.63, 3.8) is 0 Å². The Labute approximate surface area is 106 Å². The molecule has 0 aromatic carbocycles. The third-order valence-electron chi connectivity index (χ3n) is 3.85. The van der Waals surface area contributed by atoms with Gasteiger partial charge in [-0.2, -0.15) is 0 Å². The highest BCUT2D eigenvalue weighted by atomic mass is 16.2. The van der Waals surface area contributed by atoms with Crippen LogP contribution in [0.4, 0.5) is 4.79 Å². The zero-order chi connectivity index (χ0) is 13.0. The Morgan fingerprint density at radius 3 is 2.06 bits per heavy atom. The number of carbonyl (C=O) groups is 1. The van der Waals surface area contributed by atoms with Crippen LogP contribution in [0.3, 0.4) is 0 Å². The summed E-state index contributed by atoms with van der Waals surface area (Å²) >= 11 is 0. The van der Waals surface area contributed by atoms with Crippen LogP contribution in [0.5, 0.6) is 0 Å². The van der Waals surface area contributed by atoms with E-state index in [1.54, 1.807) is 4.90 Å². The lowest BCUT2D eigenvalue weighted by molar-refractivity contribution is 0.136. The van der Waals surface area contributed by atoms with Gasteiger partial charge in [-0.1, -0.05) is 13.8 Å². The molecule has 1 rings (SSSR count). The SMILES string of the molecule is CC(C)CC1CCC(N(C)C(=O)N(C)C)CC1. The van der Waals surface area contributed by atoms with Crippen LogP contribution in [-0.4, -0.2) is 43.0 Å². The van der Waals surface area contributed by atoms with Gasteiger partial charge in [0.05, 0.1) is 0 Å². The van der Waals surface area contributed by atoms with Gasteiger partial charge in [-0.3, -0.25) is 0 Å². The molecular formula is C14H28N2O. The highest BCUT2D eigenvalue weighted by Crippen LogP contribution is 2.31. The van der Waals surface area contributed by atoms with Gasteiger partial charge in [-0.15, -0.1) is 0 Å². The molecule has 0 atom stereocenters. The topological polar surface area (TPSA) is 23.6 Å². The maximum absolute atomic E-state index is 11.9. The molecular weight excluding hydrogens is 212 g/mol. The molecule has 1 saturated carbocycles. The van der Waals surface area contributed by atoms with Crippen LogP contribution in [0, 0.1) is 11.8 Å². The highest BCUT2D eigenvalue weighted by molar-refractivity contribution is 5.73. The van der Waals surface area contributed by atoms with E-state index in [-0.39, 0.29) is 6.03 Å². The van der Waals surface area contributed by atoms with E-state index in [2.05, 4.69) is 13.8 Å². The van der Waals surface area contributed by atoms with Crippen LogP contribution in [0.15, 0.2) is 0 Å². The molecule has 0 N–H and O–H groups in total. The Balaban J connectivity index is 2.38. The average molecular weight is 240 g/mol.